The summed E-state index contributed by atoms with van der Waals surface area (Å²) in [7, 11) is 1.61. The van der Waals surface area contributed by atoms with Crippen molar-refractivity contribution in [1.82, 2.24) is 0 Å². The van der Waals surface area contributed by atoms with Crippen molar-refractivity contribution in [3.8, 4) is 5.75 Å². The zero-order valence-corrected chi connectivity index (χ0v) is 11.9. The van der Waals surface area contributed by atoms with Gasteiger partial charge in [0.2, 0.25) is 0 Å². The number of hydrogen-bond acceptors (Lipinski definition) is 2. The zero-order valence-electron chi connectivity index (χ0n) is 7.30. The lowest BCUT2D eigenvalue weighted by molar-refractivity contribution is 0.414. The monoisotopic (exact) mass is 386 g/mol. The molecule has 0 atom stereocenters. The SMILES string of the molecule is COc1c(I)cc(Br)cc1NC(N)=S. The third-order valence-electron chi connectivity index (χ3n) is 1.47. The summed E-state index contributed by atoms with van der Waals surface area (Å²) in [5.41, 5.74) is 6.16. The van der Waals surface area contributed by atoms with Crippen molar-refractivity contribution in [2.24, 2.45) is 5.73 Å². The number of hydrogen-bond donors (Lipinski definition) is 2. The van der Waals surface area contributed by atoms with Gasteiger partial charge in [-0.1, -0.05) is 15.9 Å². The van der Waals surface area contributed by atoms with Crippen molar-refractivity contribution >= 4 is 61.5 Å². The van der Waals surface area contributed by atoms with E-state index in [0.29, 0.717) is 0 Å². The highest BCUT2D eigenvalue weighted by atomic mass is 127. The molecule has 14 heavy (non-hydrogen) atoms. The summed E-state index contributed by atoms with van der Waals surface area (Å²) in [6.07, 6.45) is 0. The molecule has 1 aromatic rings. The molecule has 0 aliphatic carbocycles. The lowest BCUT2D eigenvalue weighted by atomic mass is 10.3. The molecule has 0 spiro atoms. The minimum absolute atomic E-state index is 0.220. The number of nitrogens with two attached hydrogens (primary N) is 1. The molecule has 0 bridgehead atoms. The highest BCUT2D eigenvalue weighted by molar-refractivity contribution is 14.1. The lowest BCUT2D eigenvalue weighted by Gasteiger charge is -2.11. The van der Waals surface area contributed by atoms with E-state index in [1.807, 2.05) is 12.1 Å². The molecular formula is C8H8BrIN2OS. The molecule has 0 radical (unpaired) electrons. The Morgan fingerprint density at radius 3 is 2.79 bits per heavy atom. The van der Waals surface area contributed by atoms with Crippen LogP contribution in [0.1, 0.15) is 0 Å². The van der Waals surface area contributed by atoms with Crippen molar-refractivity contribution in [2.75, 3.05) is 12.4 Å². The van der Waals surface area contributed by atoms with E-state index >= 15 is 0 Å². The van der Waals surface area contributed by atoms with E-state index in [0.717, 1.165) is 19.5 Å². The van der Waals surface area contributed by atoms with Gasteiger partial charge < -0.3 is 15.8 Å². The van der Waals surface area contributed by atoms with Crippen LogP contribution in [-0.4, -0.2) is 12.2 Å². The van der Waals surface area contributed by atoms with Crippen LogP contribution in [-0.2, 0) is 0 Å². The van der Waals surface area contributed by atoms with E-state index < -0.39 is 0 Å². The number of rotatable bonds is 2. The molecule has 3 N–H and O–H groups in total. The van der Waals surface area contributed by atoms with Gasteiger partial charge in [0.05, 0.1) is 16.4 Å². The summed E-state index contributed by atoms with van der Waals surface area (Å²) >= 11 is 10.3. The average Bonchev–Trinajstić information content (AvgIpc) is 2.01. The molecular weight excluding hydrogens is 379 g/mol. The molecule has 1 rings (SSSR count). The van der Waals surface area contributed by atoms with E-state index in [-0.39, 0.29) is 5.11 Å². The molecule has 0 saturated heterocycles. The standard InChI is InChI=1S/C8H8BrIN2OS/c1-13-7-5(10)2-4(9)3-6(7)12-8(11)14/h2-3H,1H3,(H3,11,12,14). The predicted molar refractivity (Wildman–Crippen MR) is 73.8 cm³/mol. The molecule has 0 heterocycles. The second-order valence-electron chi connectivity index (χ2n) is 2.46. The van der Waals surface area contributed by atoms with Crippen LogP contribution >= 0.6 is 50.7 Å². The van der Waals surface area contributed by atoms with Crippen molar-refractivity contribution in [1.29, 1.82) is 0 Å². The van der Waals surface area contributed by atoms with E-state index in [9.17, 15) is 0 Å². The predicted octanol–water partition coefficient (Wildman–Crippen LogP) is 2.72. The first-order valence-corrected chi connectivity index (χ1v) is 5.92. The summed E-state index contributed by atoms with van der Waals surface area (Å²) in [6.45, 7) is 0. The fraction of sp³-hybridized carbons (Fsp3) is 0.125. The number of thiocarbonyl (C=S) groups is 1. The maximum absolute atomic E-state index is 5.40. The van der Waals surface area contributed by atoms with Crippen LogP contribution in [0.2, 0.25) is 0 Å². The summed E-state index contributed by atoms with van der Waals surface area (Å²) in [5, 5.41) is 3.08. The molecule has 76 valence electrons. The van der Waals surface area contributed by atoms with E-state index in [4.69, 9.17) is 22.7 Å². The van der Waals surface area contributed by atoms with Crippen molar-refractivity contribution in [3.05, 3.63) is 20.2 Å². The Hall–Kier alpha value is -0.0800. The third kappa shape index (κ3) is 2.96. The van der Waals surface area contributed by atoms with Gasteiger partial charge in [-0.15, -0.1) is 0 Å². The Balaban J connectivity index is 3.17. The van der Waals surface area contributed by atoms with Gasteiger partial charge in [-0.05, 0) is 46.9 Å². The highest BCUT2D eigenvalue weighted by Gasteiger charge is 2.09. The number of halogens is 2. The Kier molecular flexibility index (Phi) is 4.39. The quantitative estimate of drug-likeness (QED) is 0.606. The van der Waals surface area contributed by atoms with Gasteiger partial charge in [0.15, 0.2) is 10.9 Å². The van der Waals surface area contributed by atoms with E-state index in [2.05, 4.69) is 43.8 Å². The summed E-state index contributed by atoms with van der Waals surface area (Å²) in [4.78, 5) is 0. The number of nitrogens with one attached hydrogen (secondary N) is 1. The van der Waals surface area contributed by atoms with Gasteiger partial charge in [0.1, 0.15) is 0 Å². The van der Waals surface area contributed by atoms with Crippen molar-refractivity contribution < 1.29 is 4.74 Å². The molecule has 0 unspecified atom stereocenters. The Morgan fingerprint density at radius 2 is 2.29 bits per heavy atom. The van der Waals surface area contributed by atoms with Gasteiger partial charge in [0.25, 0.3) is 0 Å². The van der Waals surface area contributed by atoms with E-state index in [1.165, 1.54) is 0 Å². The molecule has 0 fully saturated rings. The number of benzene rings is 1. The van der Waals surface area contributed by atoms with Crippen LogP contribution in [0.4, 0.5) is 5.69 Å². The van der Waals surface area contributed by atoms with Gasteiger partial charge in [-0.25, -0.2) is 0 Å². The second-order valence-corrected chi connectivity index (χ2v) is 4.98. The maximum atomic E-state index is 5.40. The van der Waals surface area contributed by atoms with Crippen molar-refractivity contribution in [2.45, 2.75) is 0 Å². The first kappa shape index (κ1) is 12.0. The molecule has 3 nitrogen and oxygen atoms in total. The van der Waals surface area contributed by atoms with Crippen LogP contribution in [0.15, 0.2) is 16.6 Å². The van der Waals surface area contributed by atoms with Gasteiger partial charge >= 0.3 is 0 Å². The number of methoxy groups -OCH3 is 1. The van der Waals surface area contributed by atoms with Crippen LogP contribution in [0.25, 0.3) is 0 Å². The largest absolute Gasteiger partial charge is 0.493 e. The van der Waals surface area contributed by atoms with Gasteiger partial charge in [-0.3, -0.25) is 0 Å². The Labute approximate surface area is 110 Å². The fourth-order valence-electron chi connectivity index (χ4n) is 0.993. The Morgan fingerprint density at radius 1 is 1.64 bits per heavy atom. The molecule has 0 aliphatic heterocycles. The number of ether oxygens (including phenoxy) is 1. The lowest BCUT2D eigenvalue weighted by Crippen LogP contribution is -2.19. The average molecular weight is 387 g/mol. The summed E-state index contributed by atoms with van der Waals surface area (Å²) in [5.74, 6) is 0.738. The first-order valence-electron chi connectivity index (χ1n) is 3.64. The normalized spacial score (nSPS) is 9.64. The zero-order chi connectivity index (χ0) is 10.7. The molecule has 0 aliphatic rings. The molecule has 0 amide bonds. The minimum atomic E-state index is 0.220. The van der Waals surface area contributed by atoms with Crippen LogP contribution in [0.3, 0.4) is 0 Å². The van der Waals surface area contributed by atoms with Gasteiger partial charge in [0, 0.05) is 4.47 Å². The van der Waals surface area contributed by atoms with Gasteiger partial charge in [-0.2, -0.15) is 0 Å². The Bertz CT molecular complexity index is 373. The first-order chi connectivity index (χ1) is 6.54. The topological polar surface area (TPSA) is 47.3 Å². The molecule has 0 saturated carbocycles. The van der Waals surface area contributed by atoms with Crippen molar-refractivity contribution in [3.63, 3.8) is 0 Å². The maximum Gasteiger partial charge on any atom is 0.168 e. The second kappa shape index (κ2) is 5.13. The highest BCUT2D eigenvalue weighted by Crippen LogP contribution is 2.33. The van der Waals surface area contributed by atoms with Crippen LogP contribution < -0.4 is 15.8 Å². The minimum Gasteiger partial charge on any atom is -0.493 e. The molecule has 6 heteroatoms. The third-order valence-corrected chi connectivity index (χ3v) is 2.83. The smallest absolute Gasteiger partial charge is 0.168 e. The summed E-state index contributed by atoms with van der Waals surface area (Å²) in [6, 6.07) is 3.81. The fourth-order valence-corrected chi connectivity index (χ4v) is 2.84. The summed E-state index contributed by atoms with van der Waals surface area (Å²) < 4.78 is 7.16. The van der Waals surface area contributed by atoms with Crippen LogP contribution in [0, 0.1) is 3.57 Å². The number of anilines is 1. The molecule has 1 aromatic carbocycles. The molecule has 0 aromatic heterocycles. The van der Waals surface area contributed by atoms with Crippen LogP contribution in [0.5, 0.6) is 5.75 Å². The van der Waals surface area contributed by atoms with E-state index in [1.54, 1.807) is 7.11 Å².